The molecule has 0 aliphatic rings. The fourth-order valence-electron chi connectivity index (χ4n) is 5.08. The molecule has 4 atom stereocenters. The lowest BCUT2D eigenvalue weighted by Gasteiger charge is -2.36. The molecule has 0 aliphatic carbocycles. The average molecular weight is 652 g/mol. The van der Waals surface area contributed by atoms with Crippen molar-refractivity contribution in [2.45, 2.75) is 131 Å². The summed E-state index contributed by atoms with van der Waals surface area (Å²) in [6.45, 7) is 18.8. The number of benzene rings is 2. The Hall–Kier alpha value is -3.88. The highest BCUT2D eigenvalue weighted by atomic mass is 16.6. The van der Waals surface area contributed by atoms with Crippen molar-refractivity contribution >= 4 is 23.9 Å². The van der Waals surface area contributed by atoms with E-state index in [4.69, 9.17) is 9.47 Å². The highest BCUT2D eigenvalue weighted by molar-refractivity contribution is 5.94. The molecule has 3 amide bonds. The molecule has 0 bridgehead atoms. The van der Waals surface area contributed by atoms with Crippen molar-refractivity contribution in [3.05, 3.63) is 71.3 Å². The third kappa shape index (κ3) is 13.4. The van der Waals surface area contributed by atoms with E-state index in [-0.39, 0.29) is 24.8 Å². The van der Waals surface area contributed by atoms with Crippen LogP contribution in [0.5, 0.6) is 0 Å². The summed E-state index contributed by atoms with van der Waals surface area (Å²) in [5.74, 6) is -1.71. The maximum absolute atomic E-state index is 14.6. The molecule has 0 saturated carbocycles. The van der Waals surface area contributed by atoms with Crippen LogP contribution >= 0.6 is 0 Å². The normalized spacial score (nSPS) is 14.3. The van der Waals surface area contributed by atoms with Gasteiger partial charge in [-0.15, -0.1) is 0 Å². The van der Waals surface area contributed by atoms with Gasteiger partial charge < -0.3 is 25.0 Å². The van der Waals surface area contributed by atoms with Gasteiger partial charge in [0, 0.05) is 13.0 Å². The Morgan fingerprint density at radius 1 is 0.809 bits per heavy atom. The van der Waals surface area contributed by atoms with E-state index in [1.165, 1.54) is 0 Å². The number of rotatable bonds is 15. The number of hydrogen-bond donors (Lipinski definition) is 2. The summed E-state index contributed by atoms with van der Waals surface area (Å²) in [4.78, 5) is 57.2. The Balaban J connectivity index is 2.63. The molecule has 9 heteroatoms. The lowest BCUT2D eigenvalue weighted by molar-refractivity contribution is -0.159. The maximum atomic E-state index is 14.6. The minimum Gasteiger partial charge on any atom is -0.458 e. The Morgan fingerprint density at radius 2 is 1.40 bits per heavy atom. The Bertz CT molecular complexity index is 1300. The highest BCUT2D eigenvalue weighted by Gasteiger charge is 2.39. The van der Waals surface area contributed by atoms with E-state index in [0.29, 0.717) is 18.4 Å². The van der Waals surface area contributed by atoms with E-state index in [2.05, 4.69) is 17.6 Å². The van der Waals surface area contributed by atoms with Gasteiger partial charge in [-0.1, -0.05) is 100 Å². The predicted molar refractivity (Wildman–Crippen MR) is 186 cm³/mol. The summed E-state index contributed by atoms with van der Waals surface area (Å²) in [6.07, 6.45) is 2.52. The van der Waals surface area contributed by atoms with Crippen LogP contribution in [0.4, 0.5) is 4.79 Å². The molecule has 0 heterocycles. The Labute approximate surface area is 282 Å². The molecule has 0 aromatic heterocycles. The van der Waals surface area contributed by atoms with Gasteiger partial charge in [0.2, 0.25) is 11.8 Å². The van der Waals surface area contributed by atoms with E-state index in [1.807, 2.05) is 75.4 Å². The number of nitrogens with zero attached hydrogens (tertiary/aromatic N) is 1. The summed E-state index contributed by atoms with van der Waals surface area (Å²) in [7, 11) is 0. The number of ether oxygens (including phenoxy) is 2. The van der Waals surface area contributed by atoms with Crippen molar-refractivity contribution in [3.8, 4) is 0 Å². The molecular weight excluding hydrogens is 594 g/mol. The summed E-state index contributed by atoms with van der Waals surface area (Å²) < 4.78 is 11.3. The number of unbranched alkanes of at least 4 members (excludes halogenated alkanes) is 2. The SMILES string of the molecule is CCCCCN(C(=O)C(NC(=O)OC(C)(C)C)C(C)CC)C(C(=O)NC(Cc1ccccc1)C(=O)OC(C)(C)C)c1ccc(C)cc1. The quantitative estimate of drug-likeness (QED) is 0.157. The average Bonchev–Trinajstić information content (AvgIpc) is 2.98. The number of amides is 3. The van der Waals surface area contributed by atoms with Crippen molar-refractivity contribution in [1.82, 2.24) is 15.5 Å². The van der Waals surface area contributed by atoms with Crippen LogP contribution in [0.3, 0.4) is 0 Å². The minimum absolute atomic E-state index is 0.210. The van der Waals surface area contributed by atoms with Gasteiger partial charge in [-0.05, 0) is 71.9 Å². The van der Waals surface area contributed by atoms with E-state index < -0.39 is 47.3 Å². The molecule has 0 saturated heterocycles. The molecule has 2 aromatic rings. The first-order valence-electron chi connectivity index (χ1n) is 16.9. The van der Waals surface area contributed by atoms with E-state index in [1.54, 1.807) is 46.4 Å². The zero-order valence-corrected chi connectivity index (χ0v) is 30.1. The molecule has 2 rings (SSSR count). The molecule has 0 spiro atoms. The molecule has 9 nitrogen and oxygen atoms in total. The monoisotopic (exact) mass is 651 g/mol. The van der Waals surface area contributed by atoms with Crippen LogP contribution < -0.4 is 10.6 Å². The van der Waals surface area contributed by atoms with Gasteiger partial charge in [0.05, 0.1) is 0 Å². The second kappa shape index (κ2) is 17.9. The van der Waals surface area contributed by atoms with E-state index in [0.717, 1.165) is 24.0 Å². The number of alkyl carbamates (subject to hydrolysis) is 1. The van der Waals surface area contributed by atoms with Gasteiger partial charge in [0.1, 0.15) is 29.3 Å². The third-order valence-electron chi connectivity index (χ3n) is 7.68. The molecule has 2 N–H and O–H groups in total. The van der Waals surface area contributed by atoms with Crippen LogP contribution in [0.25, 0.3) is 0 Å². The predicted octanol–water partition coefficient (Wildman–Crippen LogP) is 7.06. The first-order chi connectivity index (χ1) is 22.0. The van der Waals surface area contributed by atoms with Gasteiger partial charge in [0.15, 0.2) is 0 Å². The van der Waals surface area contributed by atoms with Gasteiger partial charge >= 0.3 is 12.1 Å². The molecule has 2 aromatic carbocycles. The summed E-state index contributed by atoms with van der Waals surface area (Å²) in [5, 5.41) is 5.77. The fourth-order valence-corrected chi connectivity index (χ4v) is 5.08. The topological polar surface area (TPSA) is 114 Å². The standard InChI is InChI=1S/C38H57N3O6/c1-11-13-17-24-41(34(43)31(27(4)12-2)40-36(45)47-38(8,9)10)32(29-22-20-26(3)21-23-29)33(42)39-30(35(44)46-37(5,6)7)25-28-18-15-14-16-19-28/h14-16,18-23,27,30-32H,11-13,17,24-25H2,1-10H3,(H,39,42)(H,40,45). The number of esters is 1. The first-order valence-corrected chi connectivity index (χ1v) is 16.9. The van der Waals surface area contributed by atoms with Crippen LogP contribution in [0, 0.1) is 12.8 Å². The zero-order valence-electron chi connectivity index (χ0n) is 30.1. The van der Waals surface area contributed by atoms with Gasteiger partial charge in [0.25, 0.3) is 0 Å². The lowest BCUT2D eigenvalue weighted by Crippen LogP contribution is -2.56. The van der Waals surface area contributed by atoms with Crippen LogP contribution in [0.2, 0.25) is 0 Å². The van der Waals surface area contributed by atoms with Crippen LogP contribution in [0.1, 0.15) is 111 Å². The number of carbonyl (C=O) groups excluding carboxylic acids is 4. The maximum Gasteiger partial charge on any atom is 0.408 e. The molecule has 0 aliphatic heterocycles. The number of aryl methyl sites for hydroxylation is 1. The number of carbonyl (C=O) groups is 4. The summed E-state index contributed by atoms with van der Waals surface area (Å²) in [6, 6.07) is 13.8. The Morgan fingerprint density at radius 3 is 1.94 bits per heavy atom. The second-order valence-electron chi connectivity index (χ2n) is 14.3. The zero-order chi connectivity index (χ0) is 35.4. The summed E-state index contributed by atoms with van der Waals surface area (Å²) >= 11 is 0. The number of nitrogens with one attached hydrogen (secondary N) is 2. The van der Waals surface area contributed by atoms with Crippen molar-refractivity contribution in [1.29, 1.82) is 0 Å². The largest absolute Gasteiger partial charge is 0.458 e. The lowest BCUT2D eigenvalue weighted by atomic mass is 9.95. The van der Waals surface area contributed by atoms with Crippen LogP contribution in [-0.4, -0.2) is 58.6 Å². The van der Waals surface area contributed by atoms with Crippen LogP contribution in [-0.2, 0) is 30.3 Å². The fraction of sp³-hybridized carbons (Fsp3) is 0.579. The van der Waals surface area contributed by atoms with E-state index in [9.17, 15) is 19.2 Å². The van der Waals surface area contributed by atoms with Crippen molar-refractivity contribution < 1.29 is 28.7 Å². The smallest absolute Gasteiger partial charge is 0.408 e. The second-order valence-corrected chi connectivity index (χ2v) is 14.3. The molecule has 0 radical (unpaired) electrons. The molecular formula is C38H57N3O6. The number of hydrogen-bond acceptors (Lipinski definition) is 6. The minimum atomic E-state index is -1.08. The molecule has 260 valence electrons. The third-order valence-corrected chi connectivity index (χ3v) is 7.68. The van der Waals surface area contributed by atoms with Gasteiger partial charge in [-0.2, -0.15) is 0 Å². The van der Waals surface area contributed by atoms with Gasteiger partial charge in [-0.3, -0.25) is 9.59 Å². The van der Waals surface area contributed by atoms with Crippen LogP contribution in [0.15, 0.2) is 54.6 Å². The highest BCUT2D eigenvalue weighted by Crippen LogP contribution is 2.26. The molecule has 47 heavy (non-hydrogen) atoms. The van der Waals surface area contributed by atoms with Gasteiger partial charge in [-0.25, -0.2) is 9.59 Å². The van der Waals surface area contributed by atoms with Crippen molar-refractivity contribution in [2.75, 3.05) is 6.54 Å². The first kappa shape index (κ1) is 39.3. The Kier molecular flexibility index (Phi) is 14.9. The van der Waals surface area contributed by atoms with Crippen molar-refractivity contribution in [3.63, 3.8) is 0 Å². The molecule has 0 fully saturated rings. The molecule has 4 unspecified atom stereocenters. The van der Waals surface area contributed by atoms with E-state index >= 15 is 0 Å². The van der Waals surface area contributed by atoms with Crippen molar-refractivity contribution in [2.24, 2.45) is 5.92 Å². The summed E-state index contributed by atoms with van der Waals surface area (Å²) in [5.41, 5.74) is 0.918.